The Balaban J connectivity index is 1.63. The van der Waals surface area contributed by atoms with Crippen molar-refractivity contribution in [2.45, 2.75) is 11.4 Å². The molecule has 188 valence electrons. The normalized spacial score (nSPS) is 13.8. The molecule has 11 nitrogen and oxygen atoms in total. The maximum atomic E-state index is 13.5. The molecule has 1 aliphatic heterocycles. The number of aromatic hydroxyl groups is 1. The number of amidine groups is 1. The molecule has 3 heterocycles. The minimum Gasteiger partial charge on any atom is -0.505 e. The number of aromatic nitrogens is 2. The lowest BCUT2D eigenvalue weighted by Gasteiger charge is -2.20. The number of carbonyl (C=O) groups excluding carboxylic acids is 1. The molecule has 0 aliphatic carbocycles. The van der Waals surface area contributed by atoms with E-state index < -0.39 is 33.8 Å². The van der Waals surface area contributed by atoms with Gasteiger partial charge in [-0.25, -0.2) is 4.68 Å². The van der Waals surface area contributed by atoms with Crippen LogP contribution < -0.4 is 21.3 Å². The molecular formula is C24H19N5O6S2. The van der Waals surface area contributed by atoms with Crippen LogP contribution in [0, 0.1) is 0 Å². The number of thiophene rings is 1. The summed E-state index contributed by atoms with van der Waals surface area (Å²) >= 11 is 1.30. The quantitative estimate of drug-likeness (QED) is 0.322. The van der Waals surface area contributed by atoms with E-state index in [9.17, 15) is 23.1 Å². The summed E-state index contributed by atoms with van der Waals surface area (Å²) in [6, 6.07) is 16.6. The van der Waals surface area contributed by atoms with Crippen molar-refractivity contribution in [3.8, 4) is 22.1 Å². The second kappa shape index (κ2) is 9.52. The Morgan fingerprint density at radius 1 is 1.14 bits per heavy atom. The molecule has 0 saturated heterocycles. The number of benzene rings is 2. The van der Waals surface area contributed by atoms with Crippen molar-refractivity contribution in [1.29, 1.82) is 0 Å². The molecule has 2 aromatic carbocycles. The summed E-state index contributed by atoms with van der Waals surface area (Å²) in [5.41, 5.74) is 5.02. The van der Waals surface area contributed by atoms with Crippen LogP contribution in [0.2, 0.25) is 0 Å². The minimum atomic E-state index is -4.32. The van der Waals surface area contributed by atoms with Crippen LogP contribution in [0.4, 0.5) is 5.69 Å². The van der Waals surface area contributed by atoms with Crippen LogP contribution in [0.15, 0.2) is 80.1 Å². The second-order valence-corrected chi connectivity index (χ2v) is 10.5. The summed E-state index contributed by atoms with van der Waals surface area (Å²) in [6.45, 7) is -0.347. The van der Waals surface area contributed by atoms with Crippen LogP contribution in [0.5, 0.6) is 11.5 Å². The fourth-order valence-electron chi connectivity index (χ4n) is 3.71. The van der Waals surface area contributed by atoms with Gasteiger partial charge < -0.3 is 20.9 Å². The molecule has 13 heteroatoms. The average molecular weight is 538 g/mol. The van der Waals surface area contributed by atoms with E-state index in [4.69, 9.17) is 10.5 Å². The summed E-state index contributed by atoms with van der Waals surface area (Å²) in [7, 11) is -4.32. The van der Waals surface area contributed by atoms with Crippen molar-refractivity contribution in [2.75, 3.05) is 11.9 Å². The molecule has 0 saturated carbocycles. The van der Waals surface area contributed by atoms with Crippen molar-refractivity contribution in [2.24, 2.45) is 10.1 Å². The summed E-state index contributed by atoms with van der Waals surface area (Å²) in [5.74, 6) is -1.47. The van der Waals surface area contributed by atoms with Gasteiger partial charge in [0.1, 0.15) is 21.9 Å². The zero-order chi connectivity index (χ0) is 26.2. The van der Waals surface area contributed by atoms with Gasteiger partial charge in [0.05, 0.1) is 17.1 Å². The van der Waals surface area contributed by atoms with Gasteiger partial charge in [-0.1, -0.05) is 36.4 Å². The fourth-order valence-corrected chi connectivity index (χ4v) is 5.56. The molecule has 0 fully saturated rings. The first kappa shape index (κ1) is 24.2. The monoisotopic (exact) mass is 537 g/mol. The Morgan fingerprint density at radius 3 is 2.62 bits per heavy atom. The van der Waals surface area contributed by atoms with Crippen LogP contribution in [-0.4, -0.2) is 41.7 Å². The number of hydrogen-bond acceptors (Lipinski definition) is 9. The number of rotatable bonds is 7. The van der Waals surface area contributed by atoms with Gasteiger partial charge in [0.25, 0.3) is 21.5 Å². The molecule has 0 bridgehead atoms. The molecule has 1 aliphatic rings. The van der Waals surface area contributed by atoms with E-state index in [-0.39, 0.29) is 40.0 Å². The van der Waals surface area contributed by atoms with Gasteiger partial charge in [-0.2, -0.15) is 13.5 Å². The van der Waals surface area contributed by atoms with E-state index in [0.717, 1.165) is 10.2 Å². The standard InChI is InChI=1S/C24H19N5O6S2/c25-19(30)13-35-15-8-9-16-18(11-15)37(33,34)28-23(26-16)20-22(31)21(17-7-4-10-36-17)27-29(24(20)32)12-14-5-2-1-3-6-14/h1-11,31H,12-13H2,(H2,25,30)(H,26,28). The highest BCUT2D eigenvalue weighted by molar-refractivity contribution is 7.90. The third kappa shape index (κ3) is 4.81. The minimum absolute atomic E-state index is 0.0858. The molecule has 4 aromatic rings. The average Bonchev–Trinajstić information content (AvgIpc) is 3.40. The topological polar surface area (TPSA) is 166 Å². The van der Waals surface area contributed by atoms with Crippen molar-refractivity contribution in [1.82, 2.24) is 9.78 Å². The molecule has 2 aromatic heterocycles. The van der Waals surface area contributed by atoms with E-state index in [1.165, 1.54) is 29.5 Å². The van der Waals surface area contributed by atoms with Crippen LogP contribution in [0.25, 0.3) is 10.6 Å². The molecule has 1 amide bonds. The SMILES string of the molecule is NC(=O)COc1ccc2c(c1)S(=O)(=O)N=C(c1c(O)c(-c3cccs3)nn(Cc3ccccc3)c1=O)N2. The van der Waals surface area contributed by atoms with Crippen LogP contribution in [-0.2, 0) is 21.4 Å². The largest absolute Gasteiger partial charge is 0.505 e. The molecular weight excluding hydrogens is 518 g/mol. The van der Waals surface area contributed by atoms with Gasteiger partial charge in [-0.15, -0.1) is 15.7 Å². The third-order valence-electron chi connectivity index (χ3n) is 5.37. The highest BCUT2D eigenvalue weighted by Gasteiger charge is 2.31. The highest BCUT2D eigenvalue weighted by Crippen LogP contribution is 2.35. The Hall–Kier alpha value is -4.49. The van der Waals surface area contributed by atoms with Gasteiger partial charge >= 0.3 is 0 Å². The van der Waals surface area contributed by atoms with Gasteiger partial charge in [0.2, 0.25) is 0 Å². The van der Waals surface area contributed by atoms with E-state index >= 15 is 0 Å². The van der Waals surface area contributed by atoms with Crippen LogP contribution in [0.1, 0.15) is 11.1 Å². The number of nitrogens with one attached hydrogen (secondary N) is 1. The fraction of sp³-hybridized carbons (Fsp3) is 0.0833. The third-order valence-corrected chi connectivity index (χ3v) is 7.57. The van der Waals surface area contributed by atoms with Crippen molar-refractivity contribution in [3.05, 3.63) is 87.5 Å². The number of ether oxygens (including phenoxy) is 1. The van der Waals surface area contributed by atoms with Gasteiger partial charge in [0, 0.05) is 6.07 Å². The Morgan fingerprint density at radius 2 is 1.92 bits per heavy atom. The van der Waals surface area contributed by atoms with Crippen LogP contribution in [0.3, 0.4) is 0 Å². The van der Waals surface area contributed by atoms with E-state index in [2.05, 4.69) is 14.8 Å². The number of anilines is 1. The summed E-state index contributed by atoms with van der Waals surface area (Å²) in [5, 5.41) is 20.1. The molecule has 5 rings (SSSR count). The second-order valence-electron chi connectivity index (χ2n) is 7.95. The molecule has 0 atom stereocenters. The number of primary amides is 1. The zero-order valence-corrected chi connectivity index (χ0v) is 20.6. The van der Waals surface area contributed by atoms with Gasteiger partial charge in [-0.3, -0.25) is 9.59 Å². The highest BCUT2D eigenvalue weighted by atomic mass is 32.2. The van der Waals surface area contributed by atoms with Crippen molar-refractivity contribution >= 4 is 38.8 Å². The number of sulfonamides is 1. The number of hydrogen-bond donors (Lipinski definition) is 3. The smallest absolute Gasteiger partial charge is 0.286 e. The van der Waals surface area contributed by atoms with Gasteiger partial charge in [-0.05, 0) is 29.1 Å². The first-order valence-corrected chi connectivity index (χ1v) is 13.1. The maximum absolute atomic E-state index is 13.5. The number of nitrogens with zero attached hydrogens (tertiary/aromatic N) is 3. The Kier molecular flexibility index (Phi) is 6.23. The number of nitrogens with two attached hydrogens (primary N) is 1. The predicted molar refractivity (Wildman–Crippen MR) is 137 cm³/mol. The lowest BCUT2D eigenvalue weighted by Crippen LogP contribution is -2.34. The van der Waals surface area contributed by atoms with E-state index in [0.29, 0.717) is 4.88 Å². The predicted octanol–water partition coefficient (Wildman–Crippen LogP) is 2.15. The lowest BCUT2D eigenvalue weighted by molar-refractivity contribution is -0.119. The molecule has 0 radical (unpaired) electrons. The lowest BCUT2D eigenvalue weighted by atomic mass is 10.1. The maximum Gasteiger partial charge on any atom is 0.286 e. The Bertz CT molecular complexity index is 1700. The van der Waals surface area contributed by atoms with Gasteiger partial charge in [0.15, 0.2) is 18.2 Å². The van der Waals surface area contributed by atoms with Crippen molar-refractivity contribution < 1.29 is 23.1 Å². The van der Waals surface area contributed by atoms with E-state index in [1.54, 1.807) is 17.5 Å². The molecule has 0 unspecified atom stereocenters. The summed E-state index contributed by atoms with van der Waals surface area (Å²) in [6.07, 6.45) is 0. The first-order valence-electron chi connectivity index (χ1n) is 10.8. The zero-order valence-electron chi connectivity index (χ0n) is 19.0. The Labute approximate surface area is 214 Å². The van der Waals surface area contributed by atoms with Crippen LogP contribution >= 0.6 is 11.3 Å². The number of amides is 1. The molecule has 0 spiro atoms. The number of carbonyl (C=O) groups is 1. The first-order chi connectivity index (χ1) is 17.7. The number of fused-ring (bicyclic) bond motifs is 1. The van der Waals surface area contributed by atoms with E-state index in [1.807, 2.05) is 30.3 Å². The molecule has 4 N–H and O–H groups in total. The molecule has 37 heavy (non-hydrogen) atoms. The summed E-state index contributed by atoms with van der Waals surface area (Å²) < 4.78 is 36.3. The summed E-state index contributed by atoms with van der Waals surface area (Å²) in [4.78, 5) is 24.9. The van der Waals surface area contributed by atoms with Crippen molar-refractivity contribution in [3.63, 3.8) is 0 Å².